The van der Waals surface area contributed by atoms with Gasteiger partial charge in [0.05, 0.1) is 13.7 Å². The second-order valence-electron chi connectivity index (χ2n) is 4.60. The summed E-state index contributed by atoms with van der Waals surface area (Å²) in [6, 6.07) is 7.98. The summed E-state index contributed by atoms with van der Waals surface area (Å²) in [6.07, 6.45) is 4.11. The molecule has 0 saturated heterocycles. The van der Waals surface area contributed by atoms with Crippen LogP contribution in [0.1, 0.15) is 5.56 Å². The van der Waals surface area contributed by atoms with Crippen LogP contribution in [0.4, 0.5) is 0 Å². The maximum Gasteiger partial charge on any atom is 0.184 e. The maximum atomic E-state index is 5.73. The fraction of sp³-hybridized carbons (Fsp3) is 0.385. The lowest BCUT2D eigenvalue weighted by molar-refractivity contribution is 0.358. The van der Waals surface area contributed by atoms with Crippen LogP contribution in [0.5, 0.6) is 5.75 Å². The molecule has 0 aliphatic rings. The van der Waals surface area contributed by atoms with Gasteiger partial charge in [-0.25, -0.2) is 0 Å². The maximum absolute atomic E-state index is 5.73. The first-order valence-electron chi connectivity index (χ1n) is 5.46. The molecule has 1 aromatic rings. The molecule has 1 aromatic carbocycles. The Morgan fingerprint density at radius 1 is 1.25 bits per heavy atom. The van der Waals surface area contributed by atoms with Crippen LogP contribution < -0.4 is 4.74 Å². The van der Waals surface area contributed by atoms with Gasteiger partial charge >= 0.3 is 0 Å². The van der Waals surface area contributed by atoms with Gasteiger partial charge in [-0.15, -0.1) is 0 Å². The molecule has 0 N–H and O–H groups in total. The number of ether oxygens (including phenoxy) is 1. The summed E-state index contributed by atoms with van der Waals surface area (Å²) in [6.45, 7) is 7.25. The first-order chi connectivity index (χ1) is 7.51. The SMILES string of the molecule is COc1cccc(/C=C/CO[Si](C)(C)C)c1. The molecule has 0 saturated carbocycles. The average Bonchev–Trinajstić information content (AvgIpc) is 2.23. The van der Waals surface area contributed by atoms with Crippen molar-refractivity contribution in [1.82, 2.24) is 0 Å². The zero-order valence-electron chi connectivity index (χ0n) is 10.5. The van der Waals surface area contributed by atoms with Gasteiger partial charge in [-0.05, 0) is 37.3 Å². The number of benzene rings is 1. The first-order valence-corrected chi connectivity index (χ1v) is 8.87. The predicted molar refractivity (Wildman–Crippen MR) is 71.3 cm³/mol. The van der Waals surface area contributed by atoms with Gasteiger partial charge in [0.2, 0.25) is 0 Å². The van der Waals surface area contributed by atoms with Gasteiger partial charge in [0.1, 0.15) is 5.75 Å². The van der Waals surface area contributed by atoms with Crippen LogP contribution in [0, 0.1) is 0 Å². The molecule has 1 rings (SSSR count). The lowest BCUT2D eigenvalue weighted by atomic mass is 10.2. The van der Waals surface area contributed by atoms with Gasteiger partial charge in [-0.2, -0.15) is 0 Å². The zero-order chi connectivity index (χ0) is 12.0. The molecule has 0 bridgehead atoms. The topological polar surface area (TPSA) is 18.5 Å². The molecule has 0 spiro atoms. The molecule has 88 valence electrons. The van der Waals surface area contributed by atoms with Crippen molar-refractivity contribution in [2.24, 2.45) is 0 Å². The summed E-state index contributed by atoms with van der Waals surface area (Å²) in [5.41, 5.74) is 1.14. The summed E-state index contributed by atoms with van der Waals surface area (Å²) in [5.74, 6) is 0.883. The smallest absolute Gasteiger partial charge is 0.184 e. The first kappa shape index (κ1) is 13.0. The minimum absolute atomic E-state index is 0.687. The van der Waals surface area contributed by atoms with E-state index in [0.29, 0.717) is 6.61 Å². The van der Waals surface area contributed by atoms with Gasteiger partial charge in [-0.1, -0.05) is 24.3 Å². The third kappa shape index (κ3) is 5.14. The summed E-state index contributed by atoms with van der Waals surface area (Å²) < 4.78 is 10.9. The van der Waals surface area contributed by atoms with Gasteiger partial charge < -0.3 is 9.16 Å². The van der Waals surface area contributed by atoms with Crippen LogP contribution >= 0.6 is 0 Å². The van der Waals surface area contributed by atoms with Gasteiger partial charge in [0.15, 0.2) is 8.32 Å². The van der Waals surface area contributed by atoms with Crippen LogP contribution in [0.3, 0.4) is 0 Å². The Hall–Kier alpha value is -1.06. The van der Waals surface area contributed by atoms with Crippen LogP contribution in [-0.4, -0.2) is 22.0 Å². The highest BCUT2D eigenvalue weighted by Crippen LogP contribution is 2.13. The number of rotatable bonds is 5. The Labute approximate surface area is 99.0 Å². The lowest BCUT2D eigenvalue weighted by Crippen LogP contribution is -2.25. The minimum Gasteiger partial charge on any atom is -0.497 e. The molecule has 0 heterocycles. The van der Waals surface area contributed by atoms with Crippen LogP contribution in [0.2, 0.25) is 19.6 Å². The molecule has 0 aliphatic heterocycles. The molecule has 3 heteroatoms. The Kier molecular flexibility index (Phi) is 4.77. The predicted octanol–water partition coefficient (Wildman–Crippen LogP) is 3.56. The number of hydrogen-bond acceptors (Lipinski definition) is 2. The molecule has 2 nitrogen and oxygen atoms in total. The van der Waals surface area contributed by atoms with Gasteiger partial charge in [0.25, 0.3) is 0 Å². The summed E-state index contributed by atoms with van der Waals surface area (Å²) in [4.78, 5) is 0. The third-order valence-electron chi connectivity index (χ3n) is 2.02. The number of hydrogen-bond donors (Lipinski definition) is 0. The Bertz CT molecular complexity index is 353. The quantitative estimate of drug-likeness (QED) is 0.728. The molecular formula is C13H20O2Si. The molecule has 0 unspecified atom stereocenters. The second kappa shape index (κ2) is 5.87. The monoisotopic (exact) mass is 236 g/mol. The van der Waals surface area contributed by atoms with Crippen molar-refractivity contribution >= 4 is 14.4 Å². The van der Waals surface area contributed by atoms with Crippen molar-refractivity contribution < 1.29 is 9.16 Å². The van der Waals surface area contributed by atoms with E-state index < -0.39 is 8.32 Å². The van der Waals surface area contributed by atoms with Crippen molar-refractivity contribution in [2.45, 2.75) is 19.6 Å². The lowest BCUT2D eigenvalue weighted by Gasteiger charge is -2.14. The highest BCUT2D eigenvalue weighted by molar-refractivity contribution is 6.69. The molecule has 0 aromatic heterocycles. The van der Waals surface area contributed by atoms with E-state index in [1.54, 1.807) is 7.11 Å². The Morgan fingerprint density at radius 2 is 2.00 bits per heavy atom. The van der Waals surface area contributed by atoms with Gasteiger partial charge in [0, 0.05) is 0 Å². The van der Waals surface area contributed by atoms with Crippen LogP contribution in [-0.2, 0) is 4.43 Å². The van der Waals surface area contributed by atoms with E-state index in [1.165, 1.54) is 0 Å². The largest absolute Gasteiger partial charge is 0.497 e. The summed E-state index contributed by atoms with van der Waals surface area (Å²) >= 11 is 0. The van der Waals surface area contributed by atoms with Crippen LogP contribution in [0.15, 0.2) is 30.3 Å². The van der Waals surface area contributed by atoms with Crippen molar-refractivity contribution in [3.63, 3.8) is 0 Å². The van der Waals surface area contributed by atoms with E-state index in [0.717, 1.165) is 11.3 Å². The molecule has 0 atom stereocenters. The fourth-order valence-electron chi connectivity index (χ4n) is 1.23. The standard InChI is InChI=1S/C13H20O2Si/c1-14-13-9-5-7-12(11-13)8-6-10-15-16(2,3)4/h5-9,11H,10H2,1-4H3/b8-6+. The molecule has 0 aliphatic carbocycles. The normalized spacial score (nSPS) is 12.0. The zero-order valence-corrected chi connectivity index (χ0v) is 11.5. The van der Waals surface area contributed by atoms with E-state index in [4.69, 9.17) is 9.16 Å². The fourth-order valence-corrected chi connectivity index (χ4v) is 1.82. The van der Waals surface area contributed by atoms with Crippen molar-refractivity contribution in [3.05, 3.63) is 35.9 Å². The van der Waals surface area contributed by atoms with E-state index in [2.05, 4.69) is 25.7 Å². The Morgan fingerprint density at radius 3 is 2.62 bits per heavy atom. The highest BCUT2D eigenvalue weighted by Gasteiger charge is 2.12. The number of methoxy groups -OCH3 is 1. The minimum atomic E-state index is -1.39. The summed E-state index contributed by atoms with van der Waals surface area (Å²) in [7, 11) is 0.289. The van der Waals surface area contributed by atoms with E-state index in [1.807, 2.05) is 30.3 Å². The van der Waals surface area contributed by atoms with E-state index >= 15 is 0 Å². The van der Waals surface area contributed by atoms with E-state index in [9.17, 15) is 0 Å². The summed E-state index contributed by atoms with van der Waals surface area (Å²) in [5, 5.41) is 0. The average molecular weight is 236 g/mol. The van der Waals surface area contributed by atoms with E-state index in [-0.39, 0.29) is 0 Å². The molecule has 0 amide bonds. The third-order valence-corrected chi connectivity index (χ3v) is 3.05. The Balaban J connectivity index is 2.49. The highest BCUT2D eigenvalue weighted by atomic mass is 28.4. The van der Waals surface area contributed by atoms with Crippen molar-refractivity contribution in [1.29, 1.82) is 0 Å². The van der Waals surface area contributed by atoms with Gasteiger partial charge in [-0.3, -0.25) is 0 Å². The molecule has 16 heavy (non-hydrogen) atoms. The van der Waals surface area contributed by atoms with Crippen molar-refractivity contribution in [3.8, 4) is 5.75 Å². The molecular weight excluding hydrogens is 216 g/mol. The molecule has 0 fully saturated rings. The molecule has 0 radical (unpaired) electrons. The second-order valence-corrected chi connectivity index (χ2v) is 9.12. The van der Waals surface area contributed by atoms with Crippen LogP contribution in [0.25, 0.3) is 6.08 Å². The van der Waals surface area contributed by atoms with Crippen molar-refractivity contribution in [2.75, 3.05) is 13.7 Å².